The summed E-state index contributed by atoms with van der Waals surface area (Å²) in [5.74, 6) is 0. The third-order valence-corrected chi connectivity index (χ3v) is 4.04. The average Bonchev–Trinajstić information content (AvgIpc) is 2.53. The highest BCUT2D eigenvalue weighted by molar-refractivity contribution is 5.43. The Hall–Kier alpha value is -1.84. The second kappa shape index (κ2) is 6.74. The van der Waals surface area contributed by atoms with Crippen molar-refractivity contribution in [3.8, 4) is 0 Å². The molecule has 0 unspecified atom stereocenters. The first-order valence-electron chi connectivity index (χ1n) is 7.57. The van der Waals surface area contributed by atoms with Crippen molar-refractivity contribution in [2.75, 3.05) is 18.4 Å². The molecule has 1 fully saturated rings. The summed E-state index contributed by atoms with van der Waals surface area (Å²) in [6.07, 6.45) is 0.536. The minimum atomic E-state index is -0.280. The highest BCUT2D eigenvalue weighted by Crippen LogP contribution is 2.18. The molecule has 0 aliphatic carbocycles. The van der Waals surface area contributed by atoms with Gasteiger partial charge >= 0.3 is 0 Å². The molecule has 3 rings (SSSR count). The molecule has 21 heavy (non-hydrogen) atoms. The lowest BCUT2D eigenvalue weighted by Crippen LogP contribution is -2.50. The predicted molar refractivity (Wildman–Crippen MR) is 86.2 cm³/mol. The van der Waals surface area contributed by atoms with Crippen LogP contribution in [-0.2, 0) is 6.54 Å². The fourth-order valence-electron chi connectivity index (χ4n) is 2.88. The minimum Gasteiger partial charge on any atom is -0.391 e. The molecule has 0 radical (unpaired) electrons. The highest BCUT2D eigenvalue weighted by Gasteiger charge is 2.27. The van der Waals surface area contributed by atoms with Gasteiger partial charge in [-0.1, -0.05) is 48.5 Å². The van der Waals surface area contributed by atoms with E-state index in [-0.39, 0.29) is 12.1 Å². The number of nitrogens with one attached hydrogen (secondary N) is 1. The van der Waals surface area contributed by atoms with Crippen molar-refractivity contribution in [2.24, 2.45) is 0 Å². The van der Waals surface area contributed by atoms with Gasteiger partial charge in [0.2, 0.25) is 0 Å². The van der Waals surface area contributed by atoms with E-state index in [4.69, 9.17) is 0 Å². The number of piperidine rings is 1. The number of benzene rings is 2. The number of anilines is 1. The molecule has 3 nitrogen and oxygen atoms in total. The van der Waals surface area contributed by atoms with E-state index in [0.717, 1.165) is 31.7 Å². The van der Waals surface area contributed by atoms with Crippen molar-refractivity contribution in [2.45, 2.75) is 25.1 Å². The van der Waals surface area contributed by atoms with Crippen molar-refractivity contribution >= 4 is 5.69 Å². The molecule has 110 valence electrons. The number of likely N-dealkylation sites (tertiary alicyclic amines) is 1. The first-order valence-corrected chi connectivity index (χ1v) is 7.57. The Labute approximate surface area is 126 Å². The van der Waals surface area contributed by atoms with Gasteiger partial charge in [0.15, 0.2) is 0 Å². The molecule has 0 spiro atoms. The Bertz CT molecular complexity index is 544. The smallest absolute Gasteiger partial charge is 0.0765 e. The number of rotatable bonds is 4. The first kappa shape index (κ1) is 14.1. The summed E-state index contributed by atoms with van der Waals surface area (Å²) in [6, 6.07) is 20.7. The summed E-state index contributed by atoms with van der Waals surface area (Å²) in [6.45, 7) is 2.76. The van der Waals surface area contributed by atoms with Crippen LogP contribution < -0.4 is 5.32 Å². The van der Waals surface area contributed by atoms with Gasteiger partial charge < -0.3 is 10.4 Å². The lowest BCUT2D eigenvalue weighted by molar-refractivity contribution is 0.0666. The average molecular weight is 282 g/mol. The van der Waals surface area contributed by atoms with Gasteiger partial charge in [-0.25, -0.2) is 0 Å². The number of hydrogen-bond acceptors (Lipinski definition) is 3. The monoisotopic (exact) mass is 282 g/mol. The van der Waals surface area contributed by atoms with Crippen molar-refractivity contribution in [3.05, 3.63) is 66.2 Å². The van der Waals surface area contributed by atoms with E-state index in [2.05, 4.69) is 34.5 Å². The van der Waals surface area contributed by atoms with Crippen molar-refractivity contribution in [3.63, 3.8) is 0 Å². The van der Waals surface area contributed by atoms with Crippen molar-refractivity contribution in [1.82, 2.24) is 4.90 Å². The molecular weight excluding hydrogens is 260 g/mol. The maximum absolute atomic E-state index is 10.2. The summed E-state index contributed by atoms with van der Waals surface area (Å²) in [5.41, 5.74) is 2.40. The Morgan fingerprint density at radius 2 is 1.67 bits per heavy atom. The van der Waals surface area contributed by atoms with Gasteiger partial charge in [0.1, 0.15) is 0 Å². The molecule has 0 bridgehead atoms. The summed E-state index contributed by atoms with van der Waals surface area (Å²) in [5, 5.41) is 13.7. The summed E-state index contributed by atoms with van der Waals surface area (Å²) < 4.78 is 0. The van der Waals surface area contributed by atoms with Crippen LogP contribution in [0.3, 0.4) is 0 Å². The molecule has 2 atom stereocenters. The number of para-hydroxylation sites is 1. The zero-order valence-electron chi connectivity index (χ0n) is 12.2. The molecule has 2 N–H and O–H groups in total. The van der Waals surface area contributed by atoms with Crippen LogP contribution in [0.2, 0.25) is 0 Å². The summed E-state index contributed by atoms with van der Waals surface area (Å²) in [4.78, 5) is 2.41. The van der Waals surface area contributed by atoms with Crippen LogP contribution >= 0.6 is 0 Å². The van der Waals surface area contributed by atoms with Crippen LogP contribution in [0.1, 0.15) is 12.0 Å². The van der Waals surface area contributed by atoms with Crippen LogP contribution in [0, 0.1) is 0 Å². The fourth-order valence-corrected chi connectivity index (χ4v) is 2.88. The third-order valence-electron chi connectivity index (χ3n) is 4.04. The zero-order valence-corrected chi connectivity index (χ0v) is 12.2. The summed E-state index contributed by atoms with van der Waals surface area (Å²) in [7, 11) is 0. The quantitative estimate of drug-likeness (QED) is 0.905. The molecule has 0 aromatic heterocycles. The molecule has 1 aliphatic heterocycles. The first-order chi connectivity index (χ1) is 10.3. The normalized spacial score (nSPS) is 22.9. The molecule has 1 aliphatic rings. The van der Waals surface area contributed by atoms with Crippen molar-refractivity contribution < 1.29 is 5.11 Å². The molecule has 2 aromatic rings. The molecular formula is C18H22N2O. The maximum Gasteiger partial charge on any atom is 0.0765 e. The lowest BCUT2D eigenvalue weighted by Gasteiger charge is -2.37. The Kier molecular flexibility index (Phi) is 4.53. The van der Waals surface area contributed by atoms with Crippen LogP contribution in [0.15, 0.2) is 60.7 Å². The third kappa shape index (κ3) is 3.84. The molecule has 1 heterocycles. The van der Waals surface area contributed by atoms with Gasteiger partial charge in [-0.05, 0) is 24.1 Å². The zero-order chi connectivity index (χ0) is 14.5. The molecule has 3 heteroatoms. The number of hydrogen-bond donors (Lipinski definition) is 2. The van der Waals surface area contributed by atoms with E-state index in [1.165, 1.54) is 5.56 Å². The Morgan fingerprint density at radius 1 is 1.00 bits per heavy atom. The van der Waals surface area contributed by atoms with E-state index in [0.29, 0.717) is 0 Å². The van der Waals surface area contributed by atoms with Gasteiger partial charge in [-0.2, -0.15) is 0 Å². The van der Waals surface area contributed by atoms with E-state index >= 15 is 0 Å². The largest absolute Gasteiger partial charge is 0.391 e. The second-order valence-electron chi connectivity index (χ2n) is 5.69. The van der Waals surface area contributed by atoms with Crippen LogP contribution in [0.5, 0.6) is 0 Å². The SMILES string of the molecule is O[C@@H]1CCN(Cc2ccccc2)C[C@H]1Nc1ccccc1. The number of aliphatic hydroxyl groups excluding tert-OH is 1. The number of nitrogens with zero attached hydrogens (tertiary/aromatic N) is 1. The van der Waals surface area contributed by atoms with E-state index < -0.39 is 0 Å². The number of aliphatic hydroxyl groups is 1. The van der Waals surface area contributed by atoms with Gasteiger partial charge in [-0.15, -0.1) is 0 Å². The molecule has 1 saturated heterocycles. The fraction of sp³-hybridized carbons (Fsp3) is 0.333. The van der Waals surface area contributed by atoms with Gasteiger partial charge in [-0.3, -0.25) is 4.90 Å². The minimum absolute atomic E-state index is 0.0878. The topological polar surface area (TPSA) is 35.5 Å². The van der Waals surface area contributed by atoms with E-state index in [1.807, 2.05) is 36.4 Å². The highest BCUT2D eigenvalue weighted by atomic mass is 16.3. The Morgan fingerprint density at radius 3 is 2.38 bits per heavy atom. The molecule has 0 amide bonds. The summed E-state index contributed by atoms with van der Waals surface area (Å²) >= 11 is 0. The molecule has 2 aromatic carbocycles. The van der Waals surface area contributed by atoms with Crippen LogP contribution in [0.4, 0.5) is 5.69 Å². The van der Waals surface area contributed by atoms with Crippen LogP contribution in [0.25, 0.3) is 0 Å². The van der Waals surface area contributed by atoms with Gasteiger partial charge in [0.05, 0.1) is 12.1 Å². The van der Waals surface area contributed by atoms with E-state index in [1.54, 1.807) is 0 Å². The van der Waals surface area contributed by atoms with Crippen LogP contribution in [-0.4, -0.2) is 35.2 Å². The lowest BCUT2D eigenvalue weighted by atomic mass is 10.0. The Balaban J connectivity index is 1.62. The molecule has 0 saturated carbocycles. The standard InChI is InChI=1S/C18H22N2O/c21-18-11-12-20(13-15-7-3-1-4-8-15)14-17(18)19-16-9-5-2-6-10-16/h1-10,17-19,21H,11-14H2/t17-,18-/m1/s1. The van der Waals surface area contributed by atoms with Gasteiger partial charge in [0, 0.05) is 25.3 Å². The second-order valence-corrected chi connectivity index (χ2v) is 5.69. The van der Waals surface area contributed by atoms with Crippen molar-refractivity contribution in [1.29, 1.82) is 0 Å². The van der Waals surface area contributed by atoms with Gasteiger partial charge in [0.25, 0.3) is 0 Å². The maximum atomic E-state index is 10.2. The van der Waals surface area contributed by atoms with E-state index in [9.17, 15) is 5.11 Å². The predicted octanol–water partition coefficient (Wildman–Crippen LogP) is 2.73.